The second kappa shape index (κ2) is 6.88. The summed E-state index contributed by atoms with van der Waals surface area (Å²) in [6.45, 7) is 3.43. The van der Waals surface area contributed by atoms with Gasteiger partial charge in [0, 0.05) is 22.9 Å². The first-order chi connectivity index (χ1) is 11.8. The third kappa shape index (κ3) is 3.62. The van der Waals surface area contributed by atoms with Crippen LogP contribution in [0, 0.1) is 6.92 Å². The number of nitrogens with zero attached hydrogens (tertiary/aromatic N) is 1. The summed E-state index contributed by atoms with van der Waals surface area (Å²) in [4.78, 5) is 37.6. The van der Waals surface area contributed by atoms with E-state index in [0.29, 0.717) is 22.9 Å². The smallest absolute Gasteiger partial charge is 0.330 e. The minimum atomic E-state index is -0.619. The topological polar surface area (TPSA) is 75.7 Å². The predicted molar refractivity (Wildman–Crippen MR) is 96.5 cm³/mol. The van der Waals surface area contributed by atoms with E-state index < -0.39 is 24.5 Å². The van der Waals surface area contributed by atoms with Crippen molar-refractivity contribution >= 4 is 46.8 Å². The Morgan fingerprint density at radius 1 is 1.48 bits per heavy atom. The van der Waals surface area contributed by atoms with Crippen LogP contribution in [0.25, 0.3) is 0 Å². The van der Waals surface area contributed by atoms with Crippen molar-refractivity contribution in [1.82, 2.24) is 4.90 Å². The Bertz CT molecular complexity index is 741. The quantitative estimate of drug-likeness (QED) is 0.810. The Morgan fingerprint density at radius 2 is 2.24 bits per heavy atom. The molecule has 0 saturated carbocycles. The van der Waals surface area contributed by atoms with Crippen LogP contribution in [0.4, 0.5) is 5.69 Å². The number of amides is 2. The largest absolute Gasteiger partial charge is 0.454 e. The number of benzene rings is 1. The monoisotopic (exact) mass is 382 g/mol. The number of halogens is 1. The van der Waals surface area contributed by atoms with Crippen LogP contribution >= 0.6 is 23.4 Å². The molecule has 2 atom stereocenters. The highest BCUT2D eigenvalue weighted by atomic mass is 35.5. The molecule has 0 radical (unpaired) electrons. The van der Waals surface area contributed by atoms with Gasteiger partial charge in [0.2, 0.25) is 5.91 Å². The molecule has 2 amide bonds. The van der Waals surface area contributed by atoms with Crippen molar-refractivity contribution in [2.45, 2.75) is 37.6 Å². The van der Waals surface area contributed by atoms with E-state index in [4.69, 9.17) is 16.3 Å². The van der Waals surface area contributed by atoms with Crippen LogP contribution in [-0.4, -0.2) is 46.0 Å². The molecule has 0 aromatic heterocycles. The SMILES string of the molecule is Cc1ccc(NC(=O)COC(=O)[C@H]2CS[C@@]3(C)CCC(=O)N23)cc1Cl. The standard InChI is InChI=1S/C17H19ClN2O4S/c1-10-3-4-11(7-12(10)18)19-14(21)8-24-16(23)13-9-25-17(2)6-5-15(22)20(13)17/h3-4,7,13H,5-6,8-9H2,1-2H3,(H,19,21)/t13-,17+/m1/s1. The molecule has 3 rings (SSSR count). The maximum absolute atomic E-state index is 12.3. The Kier molecular flexibility index (Phi) is 4.97. The second-order valence-corrected chi connectivity index (χ2v) is 8.29. The number of carbonyl (C=O) groups excluding carboxylic acids is 3. The fourth-order valence-corrected chi connectivity index (χ4v) is 4.69. The van der Waals surface area contributed by atoms with Crippen LogP contribution in [0.15, 0.2) is 18.2 Å². The van der Waals surface area contributed by atoms with Gasteiger partial charge in [-0.15, -0.1) is 11.8 Å². The lowest BCUT2D eigenvalue weighted by molar-refractivity contribution is -0.155. The Labute approximate surface area is 155 Å². The van der Waals surface area contributed by atoms with Gasteiger partial charge in [0.05, 0.1) is 4.87 Å². The molecule has 2 aliphatic heterocycles. The van der Waals surface area contributed by atoms with Gasteiger partial charge in [-0.3, -0.25) is 9.59 Å². The summed E-state index contributed by atoms with van der Waals surface area (Å²) in [5.41, 5.74) is 1.44. The molecule has 25 heavy (non-hydrogen) atoms. The fraction of sp³-hybridized carbons (Fsp3) is 0.471. The van der Waals surface area contributed by atoms with Gasteiger partial charge in [0.15, 0.2) is 6.61 Å². The molecule has 0 unspecified atom stereocenters. The van der Waals surface area contributed by atoms with Gasteiger partial charge in [-0.2, -0.15) is 0 Å². The normalized spacial score (nSPS) is 25.0. The average molecular weight is 383 g/mol. The van der Waals surface area contributed by atoms with Crippen molar-refractivity contribution in [3.05, 3.63) is 28.8 Å². The first-order valence-corrected chi connectivity index (χ1v) is 9.35. The molecule has 2 saturated heterocycles. The molecule has 2 fully saturated rings. The van der Waals surface area contributed by atoms with Crippen molar-refractivity contribution in [1.29, 1.82) is 0 Å². The summed E-state index contributed by atoms with van der Waals surface area (Å²) >= 11 is 7.60. The summed E-state index contributed by atoms with van der Waals surface area (Å²) in [5.74, 6) is -0.526. The number of ether oxygens (including phenoxy) is 1. The van der Waals surface area contributed by atoms with Gasteiger partial charge in [-0.25, -0.2) is 4.79 Å². The molecule has 8 heteroatoms. The Balaban J connectivity index is 1.54. The van der Waals surface area contributed by atoms with Gasteiger partial charge in [0.1, 0.15) is 6.04 Å². The lowest BCUT2D eigenvalue weighted by Crippen LogP contribution is -2.47. The molecule has 1 aromatic carbocycles. The number of carbonyl (C=O) groups is 3. The van der Waals surface area contributed by atoms with E-state index in [2.05, 4.69) is 5.32 Å². The number of rotatable bonds is 4. The number of fused-ring (bicyclic) bond motifs is 1. The van der Waals surface area contributed by atoms with Crippen LogP contribution in [0.2, 0.25) is 5.02 Å². The van der Waals surface area contributed by atoms with Crippen LogP contribution in [0.1, 0.15) is 25.3 Å². The van der Waals surface area contributed by atoms with E-state index in [-0.39, 0.29) is 10.8 Å². The number of hydrogen-bond donors (Lipinski definition) is 1. The third-order valence-corrected chi connectivity index (χ3v) is 6.43. The molecule has 0 spiro atoms. The van der Waals surface area contributed by atoms with E-state index in [0.717, 1.165) is 12.0 Å². The Hall–Kier alpha value is -1.73. The lowest BCUT2D eigenvalue weighted by Gasteiger charge is -2.29. The Morgan fingerprint density at radius 3 is 2.96 bits per heavy atom. The number of aryl methyl sites for hydroxylation is 1. The average Bonchev–Trinajstić information content (AvgIpc) is 3.05. The molecular weight excluding hydrogens is 364 g/mol. The van der Waals surface area contributed by atoms with Gasteiger partial charge >= 0.3 is 5.97 Å². The number of hydrogen-bond acceptors (Lipinski definition) is 5. The van der Waals surface area contributed by atoms with E-state index in [9.17, 15) is 14.4 Å². The van der Waals surface area contributed by atoms with Crippen LogP contribution < -0.4 is 5.32 Å². The maximum atomic E-state index is 12.3. The molecule has 0 aliphatic carbocycles. The van der Waals surface area contributed by atoms with Gasteiger partial charge in [-0.05, 0) is 38.0 Å². The summed E-state index contributed by atoms with van der Waals surface area (Å²) in [6.07, 6.45) is 1.18. The minimum absolute atomic E-state index is 0.0341. The first kappa shape index (κ1) is 18.1. The zero-order valence-electron chi connectivity index (χ0n) is 14.0. The summed E-state index contributed by atoms with van der Waals surface area (Å²) in [7, 11) is 0. The number of esters is 1. The molecule has 1 N–H and O–H groups in total. The van der Waals surface area contributed by atoms with Gasteiger partial charge < -0.3 is 15.0 Å². The number of nitrogens with one attached hydrogen (secondary N) is 1. The highest BCUT2D eigenvalue weighted by Gasteiger charge is 2.53. The molecule has 0 bridgehead atoms. The lowest BCUT2D eigenvalue weighted by atomic mass is 10.2. The van der Waals surface area contributed by atoms with E-state index in [1.165, 1.54) is 0 Å². The van der Waals surface area contributed by atoms with Crippen molar-refractivity contribution in [2.24, 2.45) is 0 Å². The summed E-state index contributed by atoms with van der Waals surface area (Å²) < 4.78 is 5.12. The first-order valence-electron chi connectivity index (χ1n) is 7.99. The number of anilines is 1. The molecule has 1 aromatic rings. The maximum Gasteiger partial charge on any atom is 0.330 e. The fourth-order valence-electron chi connectivity index (χ4n) is 3.10. The molecule has 2 aliphatic rings. The summed E-state index contributed by atoms with van der Waals surface area (Å²) in [6, 6.07) is 4.53. The van der Waals surface area contributed by atoms with Crippen molar-refractivity contribution in [3.63, 3.8) is 0 Å². The number of thioether (sulfide) groups is 1. The highest BCUT2D eigenvalue weighted by molar-refractivity contribution is 8.01. The van der Waals surface area contributed by atoms with Crippen molar-refractivity contribution in [3.8, 4) is 0 Å². The zero-order valence-corrected chi connectivity index (χ0v) is 15.6. The van der Waals surface area contributed by atoms with Gasteiger partial charge in [0.25, 0.3) is 5.91 Å². The molecule has 2 heterocycles. The molecular formula is C17H19ClN2O4S. The van der Waals surface area contributed by atoms with E-state index in [1.54, 1.807) is 34.9 Å². The zero-order chi connectivity index (χ0) is 18.2. The van der Waals surface area contributed by atoms with E-state index >= 15 is 0 Å². The van der Waals surface area contributed by atoms with Crippen molar-refractivity contribution < 1.29 is 19.1 Å². The second-order valence-electron chi connectivity index (χ2n) is 6.39. The molecule has 6 nitrogen and oxygen atoms in total. The molecule has 134 valence electrons. The summed E-state index contributed by atoms with van der Waals surface area (Å²) in [5, 5.41) is 3.18. The van der Waals surface area contributed by atoms with E-state index in [1.807, 2.05) is 13.8 Å². The van der Waals surface area contributed by atoms with Crippen molar-refractivity contribution in [2.75, 3.05) is 17.7 Å². The van der Waals surface area contributed by atoms with Crippen LogP contribution in [0.5, 0.6) is 0 Å². The predicted octanol–water partition coefficient (Wildman–Crippen LogP) is 2.58. The minimum Gasteiger partial charge on any atom is -0.454 e. The van der Waals surface area contributed by atoms with Gasteiger partial charge in [-0.1, -0.05) is 17.7 Å². The van der Waals surface area contributed by atoms with Crippen LogP contribution in [0.3, 0.4) is 0 Å². The third-order valence-electron chi connectivity index (χ3n) is 4.52. The highest BCUT2D eigenvalue weighted by Crippen LogP contribution is 2.47. The van der Waals surface area contributed by atoms with Crippen LogP contribution in [-0.2, 0) is 19.1 Å².